The maximum Gasteiger partial charge on any atom is 0.0717 e. The Bertz CT molecular complexity index is 1040. The van der Waals surface area contributed by atoms with Crippen LogP contribution < -0.4 is 0 Å². The van der Waals surface area contributed by atoms with E-state index in [2.05, 4.69) is 66.1 Å². The van der Waals surface area contributed by atoms with Gasteiger partial charge < -0.3 is 4.57 Å². The van der Waals surface area contributed by atoms with Crippen LogP contribution >= 0.6 is 0 Å². The summed E-state index contributed by atoms with van der Waals surface area (Å²) in [4.78, 5) is 4.98. The molecule has 0 aliphatic carbocycles. The Morgan fingerprint density at radius 2 is 1.74 bits per heavy atom. The Hall–Kier alpha value is -2.61. The van der Waals surface area contributed by atoms with Crippen molar-refractivity contribution in [1.82, 2.24) is 9.55 Å². The van der Waals surface area contributed by atoms with Gasteiger partial charge in [-0.05, 0) is 31.4 Å². The van der Waals surface area contributed by atoms with Crippen molar-refractivity contribution >= 4 is 21.8 Å². The first-order valence-corrected chi connectivity index (χ1v) is 8.30. The van der Waals surface area contributed by atoms with Crippen LogP contribution in [0.25, 0.3) is 32.9 Å². The second-order valence-electron chi connectivity index (χ2n) is 6.38. The van der Waals surface area contributed by atoms with Crippen molar-refractivity contribution in [3.05, 3.63) is 66.0 Å². The third kappa shape index (κ3) is 1.72. The largest absolute Gasteiger partial charge is 0.339 e. The van der Waals surface area contributed by atoms with Crippen molar-refractivity contribution in [3.63, 3.8) is 0 Å². The minimum absolute atomic E-state index is 1.09. The first-order valence-electron chi connectivity index (χ1n) is 8.30. The molecule has 2 heteroatoms. The van der Waals surface area contributed by atoms with Crippen molar-refractivity contribution in [2.75, 3.05) is 0 Å². The zero-order valence-corrected chi connectivity index (χ0v) is 13.2. The number of rotatable bonds is 1. The molecule has 0 saturated carbocycles. The van der Waals surface area contributed by atoms with E-state index in [1.807, 2.05) is 0 Å². The van der Waals surface area contributed by atoms with E-state index < -0.39 is 0 Å². The van der Waals surface area contributed by atoms with E-state index in [-0.39, 0.29) is 0 Å². The minimum atomic E-state index is 1.09. The van der Waals surface area contributed by atoms with Gasteiger partial charge >= 0.3 is 0 Å². The fourth-order valence-electron chi connectivity index (χ4n) is 4.12. The summed E-state index contributed by atoms with van der Waals surface area (Å²) in [5, 5.41) is 2.74. The topological polar surface area (TPSA) is 17.8 Å². The van der Waals surface area contributed by atoms with Gasteiger partial charge in [-0.15, -0.1) is 0 Å². The average molecular weight is 298 g/mol. The lowest BCUT2D eigenvalue weighted by molar-refractivity contribution is 0.639. The first-order chi connectivity index (χ1) is 11.3. The normalized spacial score (nSPS) is 13.8. The number of aromatic nitrogens is 2. The zero-order chi connectivity index (χ0) is 15.4. The molecule has 0 saturated heterocycles. The highest BCUT2D eigenvalue weighted by Gasteiger charge is 2.23. The maximum absolute atomic E-state index is 4.98. The molecule has 0 unspecified atom stereocenters. The first kappa shape index (κ1) is 12.9. The number of pyridine rings is 1. The molecule has 1 aliphatic rings. The Labute approximate surface area is 135 Å². The molecule has 5 rings (SSSR count). The van der Waals surface area contributed by atoms with Crippen LogP contribution in [0, 0.1) is 6.92 Å². The summed E-state index contributed by atoms with van der Waals surface area (Å²) in [6, 6.07) is 19.5. The molecule has 0 N–H and O–H groups in total. The number of benzene rings is 2. The van der Waals surface area contributed by atoms with Gasteiger partial charge in [0.05, 0.1) is 11.2 Å². The smallest absolute Gasteiger partial charge is 0.0717 e. The Morgan fingerprint density at radius 1 is 0.957 bits per heavy atom. The van der Waals surface area contributed by atoms with Gasteiger partial charge in [0, 0.05) is 34.1 Å². The fourth-order valence-corrected chi connectivity index (χ4v) is 4.12. The SMILES string of the molecule is Cc1nc2c3c(c1-c1ccccc1)c1ccccc1n3CCC2. The van der Waals surface area contributed by atoms with Crippen molar-refractivity contribution in [3.8, 4) is 11.1 Å². The molecule has 0 amide bonds. The minimum Gasteiger partial charge on any atom is -0.339 e. The predicted molar refractivity (Wildman–Crippen MR) is 95.7 cm³/mol. The maximum atomic E-state index is 4.98. The Kier molecular flexibility index (Phi) is 2.63. The third-order valence-corrected chi connectivity index (χ3v) is 5.02. The summed E-state index contributed by atoms with van der Waals surface area (Å²) in [7, 11) is 0. The van der Waals surface area contributed by atoms with Crippen molar-refractivity contribution < 1.29 is 0 Å². The van der Waals surface area contributed by atoms with Gasteiger partial charge in [0.15, 0.2) is 0 Å². The van der Waals surface area contributed by atoms with Crippen molar-refractivity contribution in [1.29, 1.82) is 0 Å². The average Bonchev–Trinajstić information content (AvgIpc) is 2.93. The van der Waals surface area contributed by atoms with Crippen LogP contribution in [0.1, 0.15) is 17.8 Å². The quantitative estimate of drug-likeness (QED) is 0.477. The van der Waals surface area contributed by atoms with Crippen molar-refractivity contribution in [2.24, 2.45) is 0 Å². The van der Waals surface area contributed by atoms with Crippen LogP contribution in [-0.4, -0.2) is 9.55 Å². The molecule has 0 radical (unpaired) electrons. The number of hydrogen-bond acceptors (Lipinski definition) is 1. The van der Waals surface area contributed by atoms with Gasteiger partial charge in [-0.25, -0.2) is 0 Å². The lowest BCUT2D eigenvalue weighted by Crippen LogP contribution is -2.10. The van der Waals surface area contributed by atoms with Gasteiger partial charge in [-0.2, -0.15) is 0 Å². The standard InChI is InChI=1S/C21H18N2/c1-14-19(15-8-3-2-4-9-15)20-16-10-5-6-12-18(16)23-13-7-11-17(22-14)21(20)23/h2-6,8-10,12H,7,11,13H2,1H3. The molecule has 2 aromatic heterocycles. The lowest BCUT2D eigenvalue weighted by Gasteiger charge is -2.18. The van der Waals surface area contributed by atoms with Gasteiger partial charge in [0.25, 0.3) is 0 Å². The molecule has 2 nitrogen and oxygen atoms in total. The summed E-state index contributed by atoms with van der Waals surface area (Å²) in [6.07, 6.45) is 2.26. The van der Waals surface area contributed by atoms with Crippen LogP contribution in [-0.2, 0) is 13.0 Å². The van der Waals surface area contributed by atoms with Crippen LogP contribution in [0.15, 0.2) is 54.6 Å². The fraction of sp³-hybridized carbons (Fsp3) is 0.190. The van der Waals surface area contributed by atoms with Gasteiger partial charge in [-0.1, -0.05) is 48.5 Å². The number of hydrogen-bond donors (Lipinski definition) is 0. The van der Waals surface area contributed by atoms with Crippen LogP contribution in [0.4, 0.5) is 0 Å². The molecule has 0 bridgehead atoms. The van der Waals surface area contributed by atoms with E-state index in [0.29, 0.717) is 0 Å². The highest BCUT2D eigenvalue weighted by atomic mass is 15.0. The molecule has 0 atom stereocenters. The summed E-state index contributed by atoms with van der Waals surface area (Å²) < 4.78 is 2.47. The van der Waals surface area contributed by atoms with Crippen molar-refractivity contribution in [2.45, 2.75) is 26.3 Å². The highest BCUT2D eigenvalue weighted by molar-refractivity contribution is 6.16. The molecule has 0 spiro atoms. The Balaban J connectivity index is 2.05. The molecular weight excluding hydrogens is 280 g/mol. The van der Waals surface area contributed by atoms with Gasteiger partial charge in [-0.3, -0.25) is 4.98 Å². The van der Waals surface area contributed by atoms with E-state index in [0.717, 1.165) is 18.7 Å². The predicted octanol–water partition coefficient (Wildman–Crippen LogP) is 5.11. The molecule has 1 aliphatic heterocycles. The van der Waals surface area contributed by atoms with Gasteiger partial charge in [0.2, 0.25) is 0 Å². The number of aryl methyl sites for hydroxylation is 3. The Morgan fingerprint density at radius 3 is 2.61 bits per heavy atom. The van der Waals surface area contributed by atoms with E-state index in [1.165, 1.54) is 45.0 Å². The molecule has 4 aromatic rings. The summed E-state index contributed by atoms with van der Waals surface area (Å²) >= 11 is 0. The molecule has 112 valence electrons. The van der Waals surface area contributed by atoms with E-state index in [1.54, 1.807) is 0 Å². The molecule has 3 heterocycles. The highest BCUT2D eigenvalue weighted by Crippen LogP contribution is 2.41. The third-order valence-electron chi connectivity index (χ3n) is 5.02. The number of fused-ring (bicyclic) bond motifs is 3. The van der Waals surface area contributed by atoms with Crippen LogP contribution in [0.5, 0.6) is 0 Å². The summed E-state index contributed by atoms with van der Waals surface area (Å²) in [5.74, 6) is 0. The monoisotopic (exact) mass is 298 g/mol. The second-order valence-corrected chi connectivity index (χ2v) is 6.38. The number of nitrogens with zero attached hydrogens (tertiary/aromatic N) is 2. The number of para-hydroxylation sites is 1. The zero-order valence-electron chi connectivity index (χ0n) is 13.2. The van der Waals surface area contributed by atoms with E-state index >= 15 is 0 Å². The van der Waals surface area contributed by atoms with Crippen LogP contribution in [0.2, 0.25) is 0 Å². The lowest BCUT2D eigenvalue weighted by atomic mass is 9.96. The van der Waals surface area contributed by atoms with E-state index in [4.69, 9.17) is 4.98 Å². The summed E-state index contributed by atoms with van der Waals surface area (Å²) in [6.45, 7) is 3.25. The molecular formula is C21H18N2. The second kappa shape index (κ2) is 4.69. The molecule has 0 fully saturated rings. The summed E-state index contributed by atoms with van der Waals surface area (Å²) in [5.41, 5.74) is 7.65. The molecule has 23 heavy (non-hydrogen) atoms. The van der Waals surface area contributed by atoms with Crippen LogP contribution in [0.3, 0.4) is 0 Å². The molecule has 2 aromatic carbocycles. The van der Waals surface area contributed by atoms with Gasteiger partial charge in [0.1, 0.15) is 0 Å². The van der Waals surface area contributed by atoms with E-state index in [9.17, 15) is 0 Å².